The van der Waals surface area contributed by atoms with E-state index in [9.17, 15) is 14.0 Å². The van der Waals surface area contributed by atoms with E-state index in [4.69, 9.17) is 10.2 Å². The van der Waals surface area contributed by atoms with Crippen LogP contribution in [0.25, 0.3) is 0 Å². The van der Waals surface area contributed by atoms with E-state index in [0.717, 1.165) is 6.07 Å². The fourth-order valence-corrected chi connectivity index (χ4v) is 1.35. The van der Waals surface area contributed by atoms with Gasteiger partial charge in [0.1, 0.15) is 0 Å². The average molecular weight is 270 g/mol. The summed E-state index contributed by atoms with van der Waals surface area (Å²) in [6.07, 6.45) is 0.333. The number of hydrogen-bond donors (Lipinski definition) is 4. The Kier molecular flexibility index (Phi) is 5.59. The van der Waals surface area contributed by atoms with Crippen molar-refractivity contribution in [1.82, 2.24) is 10.6 Å². The summed E-state index contributed by atoms with van der Waals surface area (Å²) in [6.45, 7) is 0.365. The summed E-state index contributed by atoms with van der Waals surface area (Å²) < 4.78 is 13.0. The molecule has 6 nitrogen and oxygen atoms in total. The fraction of sp³-hybridized carbons (Fsp3) is 0.333. The van der Waals surface area contributed by atoms with Crippen LogP contribution < -0.4 is 10.6 Å². The first-order valence-corrected chi connectivity index (χ1v) is 5.70. The summed E-state index contributed by atoms with van der Waals surface area (Å²) in [5, 5.41) is 22.3. The molecule has 0 heterocycles. The van der Waals surface area contributed by atoms with Gasteiger partial charge < -0.3 is 20.8 Å². The maximum absolute atomic E-state index is 13.0. The molecular formula is C12H15FN2O4. The van der Waals surface area contributed by atoms with Gasteiger partial charge in [0.05, 0.1) is 0 Å². The van der Waals surface area contributed by atoms with Crippen LogP contribution in [0.3, 0.4) is 0 Å². The highest BCUT2D eigenvalue weighted by Gasteiger charge is 2.04. The van der Waals surface area contributed by atoms with E-state index in [2.05, 4.69) is 10.6 Å². The van der Waals surface area contributed by atoms with Crippen LogP contribution in [0, 0.1) is 5.82 Å². The Morgan fingerprint density at radius 3 is 2.63 bits per heavy atom. The molecule has 2 amide bonds. The van der Waals surface area contributed by atoms with Crippen LogP contribution in [0.15, 0.2) is 18.2 Å². The van der Waals surface area contributed by atoms with E-state index in [1.807, 2.05) is 0 Å². The summed E-state index contributed by atoms with van der Waals surface area (Å²) in [5.74, 6) is -2.11. The Hall–Kier alpha value is -2.31. The Bertz CT molecular complexity index is 465. The van der Waals surface area contributed by atoms with Crippen molar-refractivity contribution in [2.75, 3.05) is 6.54 Å². The highest BCUT2D eigenvalue weighted by molar-refractivity contribution is 5.73. The number of carbonyl (C=O) groups excluding carboxylic acids is 1. The van der Waals surface area contributed by atoms with Gasteiger partial charge >= 0.3 is 12.0 Å². The van der Waals surface area contributed by atoms with Gasteiger partial charge in [0.2, 0.25) is 0 Å². The van der Waals surface area contributed by atoms with E-state index < -0.39 is 23.6 Å². The zero-order valence-corrected chi connectivity index (χ0v) is 10.1. The molecule has 0 aromatic heterocycles. The highest BCUT2D eigenvalue weighted by Crippen LogP contribution is 2.15. The number of phenolic OH excluding ortho intramolecular Hbond substituents is 1. The average Bonchev–Trinajstić information content (AvgIpc) is 2.36. The summed E-state index contributed by atoms with van der Waals surface area (Å²) >= 11 is 0. The molecule has 0 radical (unpaired) electrons. The lowest BCUT2D eigenvalue weighted by atomic mass is 10.2. The smallest absolute Gasteiger partial charge is 0.315 e. The van der Waals surface area contributed by atoms with Crippen molar-refractivity contribution in [3.05, 3.63) is 29.6 Å². The van der Waals surface area contributed by atoms with Gasteiger partial charge in [0.15, 0.2) is 11.6 Å². The van der Waals surface area contributed by atoms with E-state index >= 15 is 0 Å². The van der Waals surface area contributed by atoms with Crippen LogP contribution >= 0.6 is 0 Å². The molecule has 0 bridgehead atoms. The van der Waals surface area contributed by atoms with Crippen molar-refractivity contribution < 1.29 is 24.2 Å². The fourth-order valence-electron chi connectivity index (χ4n) is 1.35. The Balaban J connectivity index is 2.26. The predicted molar refractivity (Wildman–Crippen MR) is 65.2 cm³/mol. The van der Waals surface area contributed by atoms with Gasteiger partial charge in [-0.15, -0.1) is 0 Å². The molecule has 0 unspecified atom stereocenters. The van der Waals surface area contributed by atoms with Gasteiger partial charge in [-0.2, -0.15) is 0 Å². The van der Waals surface area contributed by atoms with Crippen molar-refractivity contribution in [3.8, 4) is 5.75 Å². The Labute approximate surface area is 109 Å². The van der Waals surface area contributed by atoms with Gasteiger partial charge in [-0.3, -0.25) is 4.79 Å². The molecule has 0 aliphatic rings. The lowest BCUT2D eigenvalue weighted by Crippen LogP contribution is -2.35. The molecule has 0 atom stereocenters. The first-order chi connectivity index (χ1) is 8.99. The minimum Gasteiger partial charge on any atom is -0.505 e. The molecule has 104 valence electrons. The number of hydrogen-bond acceptors (Lipinski definition) is 3. The number of rotatable bonds is 6. The summed E-state index contributed by atoms with van der Waals surface area (Å²) in [7, 11) is 0. The Morgan fingerprint density at radius 2 is 2.00 bits per heavy atom. The number of benzene rings is 1. The Morgan fingerprint density at radius 1 is 1.26 bits per heavy atom. The molecule has 0 spiro atoms. The number of aromatic hydroxyl groups is 1. The van der Waals surface area contributed by atoms with Crippen molar-refractivity contribution in [2.45, 2.75) is 19.4 Å². The number of phenols is 1. The second-order valence-electron chi connectivity index (χ2n) is 3.89. The largest absolute Gasteiger partial charge is 0.505 e. The number of amides is 2. The third-order valence-corrected chi connectivity index (χ3v) is 2.32. The number of urea groups is 1. The van der Waals surface area contributed by atoms with Gasteiger partial charge in [0, 0.05) is 19.5 Å². The third-order valence-electron chi connectivity index (χ3n) is 2.32. The first-order valence-electron chi connectivity index (χ1n) is 5.70. The monoisotopic (exact) mass is 270 g/mol. The summed E-state index contributed by atoms with van der Waals surface area (Å²) in [5.41, 5.74) is 0.510. The third kappa shape index (κ3) is 5.71. The normalized spacial score (nSPS) is 9.95. The maximum atomic E-state index is 13.0. The second kappa shape index (κ2) is 7.20. The topological polar surface area (TPSA) is 98.7 Å². The number of halogens is 1. The SMILES string of the molecule is O=C(O)CCCNC(=O)NCc1ccc(O)c(F)c1. The van der Waals surface area contributed by atoms with Gasteiger partial charge in [-0.05, 0) is 24.1 Å². The summed E-state index contributed by atoms with van der Waals surface area (Å²) in [6, 6.07) is 3.36. The van der Waals surface area contributed by atoms with Crippen molar-refractivity contribution in [1.29, 1.82) is 0 Å². The van der Waals surface area contributed by atoms with E-state index in [1.54, 1.807) is 0 Å². The van der Waals surface area contributed by atoms with E-state index in [1.165, 1.54) is 12.1 Å². The van der Waals surface area contributed by atoms with Crippen LogP contribution in [-0.2, 0) is 11.3 Å². The van der Waals surface area contributed by atoms with Crippen molar-refractivity contribution in [3.63, 3.8) is 0 Å². The summed E-state index contributed by atoms with van der Waals surface area (Å²) in [4.78, 5) is 21.5. The first kappa shape index (κ1) is 14.7. The molecule has 7 heteroatoms. The zero-order chi connectivity index (χ0) is 14.3. The van der Waals surface area contributed by atoms with Crippen LogP contribution in [0.5, 0.6) is 5.75 Å². The number of carboxylic acids is 1. The van der Waals surface area contributed by atoms with Gasteiger partial charge in [-0.1, -0.05) is 6.07 Å². The molecular weight excluding hydrogens is 255 g/mol. The van der Waals surface area contributed by atoms with Gasteiger partial charge in [-0.25, -0.2) is 9.18 Å². The minimum atomic E-state index is -0.915. The quantitative estimate of drug-likeness (QED) is 0.584. The molecule has 1 aromatic carbocycles. The molecule has 1 rings (SSSR count). The molecule has 0 aliphatic heterocycles. The van der Waals surface area contributed by atoms with Gasteiger partial charge in [0.25, 0.3) is 0 Å². The minimum absolute atomic E-state index is 0.0105. The van der Waals surface area contributed by atoms with Crippen LogP contribution in [-0.4, -0.2) is 28.8 Å². The van der Waals surface area contributed by atoms with Crippen LogP contribution in [0.4, 0.5) is 9.18 Å². The molecule has 19 heavy (non-hydrogen) atoms. The van der Waals surface area contributed by atoms with Crippen molar-refractivity contribution in [2.24, 2.45) is 0 Å². The molecule has 1 aromatic rings. The number of nitrogens with one attached hydrogen (secondary N) is 2. The molecule has 4 N–H and O–H groups in total. The number of aliphatic carboxylic acids is 1. The molecule has 0 saturated heterocycles. The number of carbonyl (C=O) groups is 2. The van der Waals surface area contributed by atoms with Crippen molar-refractivity contribution >= 4 is 12.0 Å². The molecule has 0 saturated carbocycles. The highest BCUT2D eigenvalue weighted by atomic mass is 19.1. The molecule has 0 fully saturated rings. The second-order valence-corrected chi connectivity index (χ2v) is 3.89. The van der Waals surface area contributed by atoms with E-state index in [-0.39, 0.29) is 19.5 Å². The predicted octanol–water partition coefficient (Wildman–Crippen LogP) is 1.20. The van der Waals surface area contributed by atoms with E-state index in [0.29, 0.717) is 12.0 Å². The lowest BCUT2D eigenvalue weighted by molar-refractivity contribution is -0.137. The lowest BCUT2D eigenvalue weighted by Gasteiger charge is -2.07. The van der Waals surface area contributed by atoms with Crippen LogP contribution in [0.1, 0.15) is 18.4 Å². The molecule has 0 aliphatic carbocycles. The standard InChI is InChI=1S/C12H15FN2O4/c13-9-6-8(3-4-10(9)16)7-15-12(19)14-5-1-2-11(17)18/h3-4,6,16H,1-2,5,7H2,(H,17,18)(H2,14,15,19). The maximum Gasteiger partial charge on any atom is 0.315 e. The van der Waals surface area contributed by atoms with Crippen LogP contribution in [0.2, 0.25) is 0 Å². The number of carboxylic acid groups (broad SMARTS) is 1. The zero-order valence-electron chi connectivity index (χ0n) is 10.1.